The maximum Gasteiger partial charge on any atom is 0.339 e. The summed E-state index contributed by atoms with van der Waals surface area (Å²) in [6.45, 7) is 7.32. The lowest BCUT2D eigenvalue weighted by Crippen LogP contribution is -2.41. The zero-order valence-electron chi connectivity index (χ0n) is 12.9. The van der Waals surface area contributed by atoms with Gasteiger partial charge in [0, 0.05) is 19.1 Å². The number of piperidine rings is 1. The van der Waals surface area contributed by atoms with Crippen molar-refractivity contribution in [2.45, 2.75) is 39.2 Å². The van der Waals surface area contributed by atoms with Gasteiger partial charge in [-0.05, 0) is 44.2 Å². The summed E-state index contributed by atoms with van der Waals surface area (Å²) in [5.41, 5.74) is 0.234. The summed E-state index contributed by atoms with van der Waals surface area (Å²) >= 11 is 0. The summed E-state index contributed by atoms with van der Waals surface area (Å²) < 4.78 is 5.64. The number of nitrogens with zero attached hydrogens (tertiary/aromatic N) is 1. The first-order chi connectivity index (χ1) is 10.1. The van der Waals surface area contributed by atoms with Crippen LogP contribution in [0.3, 0.4) is 0 Å². The third-order valence-corrected chi connectivity index (χ3v) is 4.21. The van der Waals surface area contributed by atoms with Crippen molar-refractivity contribution < 1.29 is 14.6 Å². The SMILES string of the molecule is CC1CCC(C)N(CCCOc2ccccc2C(=O)O)C1. The van der Waals surface area contributed by atoms with Gasteiger partial charge in [-0.3, -0.25) is 0 Å². The van der Waals surface area contributed by atoms with Crippen molar-refractivity contribution in [2.75, 3.05) is 19.7 Å². The summed E-state index contributed by atoms with van der Waals surface area (Å²) in [6.07, 6.45) is 3.51. The van der Waals surface area contributed by atoms with Crippen LogP contribution in [0.2, 0.25) is 0 Å². The van der Waals surface area contributed by atoms with Gasteiger partial charge in [-0.15, -0.1) is 0 Å². The molecule has 116 valence electrons. The molecule has 0 amide bonds. The van der Waals surface area contributed by atoms with E-state index >= 15 is 0 Å². The fraction of sp³-hybridized carbons (Fsp3) is 0.588. The minimum Gasteiger partial charge on any atom is -0.493 e. The van der Waals surface area contributed by atoms with Crippen molar-refractivity contribution in [3.63, 3.8) is 0 Å². The van der Waals surface area contributed by atoms with Crippen LogP contribution in [0.15, 0.2) is 24.3 Å². The number of likely N-dealkylation sites (tertiary alicyclic amines) is 1. The van der Waals surface area contributed by atoms with Gasteiger partial charge in [-0.25, -0.2) is 4.79 Å². The molecular weight excluding hydrogens is 266 g/mol. The highest BCUT2D eigenvalue weighted by Crippen LogP contribution is 2.22. The van der Waals surface area contributed by atoms with Gasteiger partial charge in [0.05, 0.1) is 6.61 Å². The van der Waals surface area contributed by atoms with Gasteiger partial charge in [-0.2, -0.15) is 0 Å². The largest absolute Gasteiger partial charge is 0.493 e. The molecule has 1 saturated heterocycles. The molecule has 1 aromatic carbocycles. The van der Waals surface area contributed by atoms with Crippen molar-refractivity contribution in [3.05, 3.63) is 29.8 Å². The van der Waals surface area contributed by atoms with Crippen molar-refractivity contribution in [3.8, 4) is 5.75 Å². The van der Waals surface area contributed by atoms with E-state index in [1.165, 1.54) is 12.8 Å². The molecule has 4 heteroatoms. The Kier molecular flexibility index (Phi) is 5.62. The average molecular weight is 291 g/mol. The van der Waals surface area contributed by atoms with E-state index in [1.54, 1.807) is 24.3 Å². The molecule has 1 N–H and O–H groups in total. The van der Waals surface area contributed by atoms with Crippen molar-refractivity contribution >= 4 is 5.97 Å². The average Bonchev–Trinajstić information content (AvgIpc) is 2.47. The number of aromatic carboxylic acids is 1. The molecule has 0 bridgehead atoms. The Morgan fingerprint density at radius 1 is 1.33 bits per heavy atom. The van der Waals surface area contributed by atoms with Gasteiger partial charge in [0.25, 0.3) is 0 Å². The van der Waals surface area contributed by atoms with E-state index in [0.29, 0.717) is 18.4 Å². The lowest BCUT2D eigenvalue weighted by molar-refractivity contribution is 0.0691. The Bertz CT molecular complexity index is 475. The van der Waals surface area contributed by atoms with Crippen LogP contribution in [0, 0.1) is 5.92 Å². The third kappa shape index (κ3) is 4.46. The van der Waals surface area contributed by atoms with E-state index in [0.717, 1.165) is 25.4 Å². The Balaban J connectivity index is 1.78. The van der Waals surface area contributed by atoms with Crippen LogP contribution in [-0.4, -0.2) is 41.7 Å². The molecule has 2 unspecified atom stereocenters. The molecular formula is C17H25NO3. The topological polar surface area (TPSA) is 49.8 Å². The molecule has 1 fully saturated rings. The normalized spacial score (nSPS) is 23.0. The maximum absolute atomic E-state index is 11.1. The van der Waals surface area contributed by atoms with Crippen LogP contribution in [0.4, 0.5) is 0 Å². The molecule has 1 aromatic rings. The monoisotopic (exact) mass is 291 g/mol. The molecule has 0 radical (unpaired) electrons. The first-order valence-corrected chi connectivity index (χ1v) is 7.77. The second-order valence-electron chi connectivity index (χ2n) is 6.03. The van der Waals surface area contributed by atoms with Gasteiger partial charge in [-0.1, -0.05) is 19.1 Å². The first-order valence-electron chi connectivity index (χ1n) is 7.77. The van der Waals surface area contributed by atoms with Crippen LogP contribution in [0.5, 0.6) is 5.75 Å². The highest BCUT2D eigenvalue weighted by molar-refractivity contribution is 5.90. The number of benzene rings is 1. The summed E-state index contributed by atoms with van der Waals surface area (Å²) in [7, 11) is 0. The van der Waals surface area contributed by atoms with E-state index in [2.05, 4.69) is 18.7 Å². The number of carbonyl (C=O) groups is 1. The van der Waals surface area contributed by atoms with Crippen molar-refractivity contribution in [1.29, 1.82) is 0 Å². The van der Waals surface area contributed by atoms with Crippen LogP contribution < -0.4 is 4.74 Å². The standard InChI is InChI=1S/C17H25NO3/c1-13-8-9-14(2)18(12-13)10-5-11-21-16-7-4-3-6-15(16)17(19)20/h3-4,6-7,13-14H,5,8-12H2,1-2H3,(H,19,20). The summed E-state index contributed by atoms with van der Waals surface area (Å²) in [6, 6.07) is 7.46. The van der Waals surface area contributed by atoms with E-state index < -0.39 is 5.97 Å². The molecule has 21 heavy (non-hydrogen) atoms. The van der Waals surface area contributed by atoms with Crippen LogP contribution >= 0.6 is 0 Å². The highest BCUT2D eigenvalue weighted by Gasteiger charge is 2.22. The number of rotatable bonds is 6. The molecule has 1 aliphatic rings. The number of ether oxygens (including phenoxy) is 1. The summed E-state index contributed by atoms with van der Waals surface area (Å²) in [5.74, 6) is 0.295. The van der Waals surface area contributed by atoms with E-state index in [1.807, 2.05) is 0 Å². The summed E-state index contributed by atoms with van der Waals surface area (Å²) in [5, 5.41) is 9.10. The Morgan fingerprint density at radius 3 is 2.86 bits per heavy atom. The molecule has 2 rings (SSSR count). The number of hydrogen-bond acceptors (Lipinski definition) is 3. The second kappa shape index (κ2) is 7.46. The van der Waals surface area contributed by atoms with E-state index in [-0.39, 0.29) is 5.56 Å². The van der Waals surface area contributed by atoms with Gasteiger partial charge < -0.3 is 14.7 Å². The van der Waals surface area contributed by atoms with Crippen LogP contribution in [0.25, 0.3) is 0 Å². The molecule has 0 spiro atoms. The fourth-order valence-corrected chi connectivity index (χ4v) is 2.91. The fourth-order valence-electron chi connectivity index (χ4n) is 2.91. The van der Waals surface area contributed by atoms with Crippen molar-refractivity contribution in [2.24, 2.45) is 5.92 Å². The Hall–Kier alpha value is -1.55. The predicted octanol–water partition coefficient (Wildman–Crippen LogP) is 3.27. The lowest BCUT2D eigenvalue weighted by atomic mass is 9.95. The number of hydrogen-bond donors (Lipinski definition) is 1. The van der Waals surface area contributed by atoms with E-state index in [9.17, 15) is 4.79 Å². The van der Waals surface area contributed by atoms with Gasteiger partial charge >= 0.3 is 5.97 Å². The minimum atomic E-state index is -0.941. The molecule has 0 aromatic heterocycles. The minimum absolute atomic E-state index is 0.234. The zero-order valence-corrected chi connectivity index (χ0v) is 12.9. The second-order valence-corrected chi connectivity index (χ2v) is 6.03. The lowest BCUT2D eigenvalue weighted by Gasteiger charge is -2.36. The van der Waals surface area contributed by atoms with Crippen LogP contribution in [0.1, 0.15) is 43.5 Å². The molecule has 0 aliphatic carbocycles. The molecule has 1 aliphatic heterocycles. The number of para-hydroxylation sites is 1. The van der Waals surface area contributed by atoms with Gasteiger partial charge in [0.1, 0.15) is 11.3 Å². The van der Waals surface area contributed by atoms with Gasteiger partial charge in [0.2, 0.25) is 0 Å². The maximum atomic E-state index is 11.1. The highest BCUT2D eigenvalue weighted by atomic mass is 16.5. The quantitative estimate of drug-likeness (QED) is 0.817. The molecule has 1 heterocycles. The van der Waals surface area contributed by atoms with Gasteiger partial charge in [0.15, 0.2) is 0 Å². The zero-order chi connectivity index (χ0) is 15.2. The number of carboxylic acids is 1. The first kappa shape index (κ1) is 15.8. The summed E-state index contributed by atoms with van der Waals surface area (Å²) in [4.78, 5) is 13.6. The molecule has 0 saturated carbocycles. The molecule has 4 nitrogen and oxygen atoms in total. The Labute approximate surface area is 126 Å². The Morgan fingerprint density at radius 2 is 2.10 bits per heavy atom. The predicted molar refractivity (Wildman–Crippen MR) is 82.9 cm³/mol. The third-order valence-electron chi connectivity index (χ3n) is 4.21. The molecule has 2 atom stereocenters. The smallest absolute Gasteiger partial charge is 0.339 e. The van der Waals surface area contributed by atoms with Crippen molar-refractivity contribution in [1.82, 2.24) is 4.90 Å². The number of carboxylic acid groups (broad SMARTS) is 1. The van der Waals surface area contributed by atoms with E-state index in [4.69, 9.17) is 9.84 Å². The van der Waals surface area contributed by atoms with Crippen LogP contribution in [-0.2, 0) is 0 Å².